The highest BCUT2D eigenvalue weighted by Crippen LogP contribution is 2.26. The summed E-state index contributed by atoms with van der Waals surface area (Å²) in [5, 5.41) is 11.5. The second kappa shape index (κ2) is 8.44. The van der Waals surface area contributed by atoms with E-state index < -0.39 is 21.4 Å². The minimum atomic E-state index is -3.53. The molecule has 1 rings (SSSR count). The van der Waals surface area contributed by atoms with E-state index in [4.69, 9.17) is 5.11 Å². The van der Waals surface area contributed by atoms with E-state index in [1.807, 2.05) is 0 Å². The van der Waals surface area contributed by atoms with Gasteiger partial charge >= 0.3 is 5.97 Å². The largest absolute Gasteiger partial charge is 0.481 e. The molecule has 0 atom stereocenters. The van der Waals surface area contributed by atoms with Crippen LogP contribution in [0.15, 0.2) is 29.2 Å². The highest BCUT2D eigenvalue weighted by Gasteiger charge is 2.25. The van der Waals surface area contributed by atoms with Crippen LogP contribution >= 0.6 is 0 Å². The van der Waals surface area contributed by atoms with E-state index >= 15 is 0 Å². The lowest BCUT2D eigenvalue weighted by Crippen LogP contribution is -2.30. The van der Waals surface area contributed by atoms with Crippen molar-refractivity contribution >= 4 is 27.6 Å². The molecule has 0 fully saturated rings. The molecule has 0 saturated carbocycles. The summed E-state index contributed by atoms with van der Waals surface area (Å²) < 4.78 is 26.2. The van der Waals surface area contributed by atoms with Crippen LogP contribution in [0.1, 0.15) is 40.5 Å². The van der Waals surface area contributed by atoms with E-state index in [1.54, 1.807) is 27.7 Å². The zero-order chi connectivity index (χ0) is 19.3. The number of rotatable bonds is 9. The van der Waals surface area contributed by atoms with Gasteiger partial charge in [-0.1, -0.05) is 27.7 Å². The number of hydrogen-bond donors (Lipinski definition) is 2. The number of hydrogen-bond acceptors (Lipinski definition) is 4. The lowest BCUT2D eigenvalue weighted by molar-refractivity contribution is -0.139. The van der Waals surface area contributed by atoms with Crippen molar-refractivity contribution in [3.05, 3.63) is 24.3 Å². The van der Waals surface area contributed by atoms with Gasteiger partial charge in [0.05, 0.1) is 11.3 Å². The number of carbonyl (C=O) groups excluding carboxylic acids is 1. The Morgan fingerprint density at radius 3 is 2.04 bits per heavy atom. The zero-order valence-corrected chi connectivity index (χ0v) is 15.9. The molecule has 140 valence electrons. The Labute approximate surface area is 149 Å². The molecule has 0 spiro atoms. The summed E-state index contributed by atoms with van der Waals surface area (Å²) in [5.41, 5.74) is -0.197. The summed E-state index contributed by atoms with van der Waals surface area (Å²) >= 11 is 0. The van der Waals surface area contributed by atoms with Gasteiger partial charge < -0.3 is 10.4 Å². The summed E-state index contributed by atoms with van der Waals surface area (Å²) in [5.74, 6) is -1.27. The number of benzene rings is 1. The van der Waals surface area contributed by atoms with Gasteiger partial charge in [0.1, 0.15) is 0 Å². The number of anilines is 1. The van der Waals surface area contributed by atoms with Crippen LogP contribution in [-0.2, 0) is 19.6 Å². The molecule has 0 heterocycles. The topological polar surface area (TPSA) is 104 Å². The average Bonchev–Trinajstić information content (AvgIpc) is 2.46. The van der Waals surface area contributed by atoms with Gasteiger partial charge in [-0.05, 0) is 29.7 Å². The Morgan fingerprint density at radius 2 is 1.60 bits per heavy atom. The molecule has 0 radical (unpaired) electrons. The molecule has 0 aliphatic heterocycles. The van der Waals surface area contributed by atoms with Gasteiger partial charge in [0.15, 0.2) is 0 Å². The fraction of sp³-hybridized carbons (Fsp3) is 0.529. The maximum absolute atomic E-state index is 12.4. The highest BCUT2D eigenvalue weighted by atomic mass is 32.2. The Kier molecular flexibility index (Phi) is 7.13. The Balaban J connectivity index is 2.81. The normalized spacial score (nSPS) is 12.2. The van der Waals surface area contributed by atoms with Gasteiger partial charge in [-0.2, -0.15) is 4.31 Å². The summed E-state index contributed by atoms with van der Waals surface area (Å²) in [6, 6.07) is 5.95. The van der Waals surface area contributed by atoms with E-state index in [9.17, 15) is 18.0 Å². The fourth-order valence-electron chi connectivity index (χ4n) is 2.53. The van der Waals surface area contributed by atoms with Crippen molar-refractivity contribution < 1.29 is 23.1 Å². The van der Waals surface area contributed by atoms with Gasteiger partial charge in [0, 0.05) is 25.2 Å². The van der Waals surface area contributed by atoms with Crippen LogP contribution in [0.5, 0.6) is 0 Å². The lowest BCUT2D eigenvalue weighted by Gasteiger charge is -2.21. The third kappa shape index (κ3) is 6.13. The number of nitrogens with zero attached hydrogens (tertiary/aromatic N) is 1. The van der Waals surface area contributed by atoms with Crippen LogP contribution < -0.4 is 5.32 Å². The molecule has 1 amide bonds. The molecule has 0 aliphatic rings. The lowest BCUT2D eigenvalue weighted by atomic mass is 9.85. The summed E-state index contributed by atoms with van der Waals surface area (Å²) in [7, 11) is -3.53. The van der Waals surface area contributed by atoms with Crippen molar-refractivity contribution in [2.75, 3.05) is 18.4 Å². The first kappa shape index (κ1) is 21.1. The quantitative estimate of drug-likeness (QED) is 0.695. The zero-order valence-electron chi connectivity index (χ0n) is 15.1. The second-order valence-electron chi connectivity index (χ2n) is 6.57. The predicted molar refractivity (Wildman–Crippen MR) is 95.8 cm³/mol. The molecule has 2 N–H and O–H groups in total. The molecule has 25 heavy (non-hydrogen) atoms. The van der Waals surface area contributed by atoms with Crippen LogP contribution in [0.2, 0.25) is 0 Å². The minimum absolute atomic E-state index is 0.0544. The number of carboxylic acid groups (broad SMARTS) is 1. The van der Waals surface area contributed by atoms with Gasteiger partial charge in [-0.15, -0.1) is 0 Å². The van der Waals surface area contributed by atoms with Crippen LogP contribution in [0.25, 0.3) is 0 Å². The number of amides is 1. The van der Waals surface area contributed by atoms with Crippen molar-refractivity contribution in [3.8, 4) is 0 Å². The maximum Gasteiger partial charge on any atom is 0.303 e. The Morgan fingerprint density at radius 1 is 1.08 bits per heavy atom. The molecule has 1 aromatic rings. The highest BCUT2D eigenvalue weighted by molar-refractivity contribution is 7.89. The summed E-state index contributed by atoms with van der Waals surface area (Å²) in [6.45, 7) is 7.73. The molecule has 7 nitrogen and oxygen atoms in total. The molecule has 0 aromatic heterocycles. The molecule has 1 aromatic carbocycles. The van der Waals surface area contributed by atoms with Gasteiger partial charge in [0.25, 0.3) is 0 Å². The van der Waals surface area contributed by atoms with Gasteiger partial charge in [0.2, 0.25) is 15.9 Å². The van der Waals surface area contributed by atoms with Crippen molar-refractivity contribution in [3.63, 3.8) is 0 Å². The second-order valence-corrected chi connectivity index (χ2v) is 8.51. The van der Waals surface area contributed by atoms with Crippen LogP contribution in [0.3, 0.4) is 0 Å². The van der Waals surface area contributed by atoms with Crippen LogP contribution in [0, 0.1) is 5.41 Å². The number of nitrogens with one attached hydrogen (secondary N) is 1. The number of carboxylic acids is 1. The van der Waals surface area contributed by atoms with Crippen molar-refractivity contribution in [1.29, 1.82) is 0 Å². The number of aliphatic carboxylic acids is 1. The first-order valence-corrected chi connectivity index (χ1v) is 9.57. The van der Waals surface area contributed by atoms with Crippen molar-refractivity contribution in [2.24, 2.45) is 5.41 Å². The molecule has 0 saturated heterocycles. The molecular weight excluding hydrogens is 344 g/mol. The molecular formula is C17H26N2O5S. The van der Waals surface area contributed by atoms with Crippen molar-refractivity contribution in [2.45, 2.75) is 45.4 Å². The fourth-order valence-corrected chi connectivity index (χ4v) is 3.99. The SMILES string of the molecule is CCN(CC)S(=O)(=O)c1ccc(NC(=O)CC(C)(C)CC(=O)O)cc1. The molecule has 0 bridgehead atoms. The average molecular weight is 370 g/mol. The first-order chi connectivity index (χ1) is 11.5. The van der Waals surface area contributed by atoms with Gasteiger partial charge in [-0.25, -0.2) is 8.42 Å². The van der Waals surface area contributed by atoms with E-state index in [1.165, 1.54) is 28.6 Å². The smallest absolute Gasteiger partial charge is 0.303 e. The molecule has 0 unspecified atom stereocenters. The summed E-state index contributed by atoms with van der Waals surface area (Å²) in [6.07, 6.45) is -0.0553. The maximum atomic E-state index is 12.4. The first-order valence-electron chi connectivity index (χ1n) is 8.13. The third-order valence-corrected chi connectivity index (χ3v) is 5.81. The third-order valence-electron chi connectivity index (χ3n) is 3.75. The van der Waals surface area contributed by atoms with E-state index in [-0.39, 0.29) is 23.6 Å². The van der Waals surface area contributed by atoms with E-state index in [0.29, 0.717) is 18.8 Å². The minimum Gasteiger partial charge on any atom is -0.481 e. The van der Waals surface area contributed by atoms with E-state index in [0.717, 1.165) is 0 Å². The molecule has 8 heteroatoms. The van der Waals surface area contributed by atoms with E-state index in [2.05, 4.69) is 5.32 Å². The Hall–Kier alpha value is -1.93. The number of carbonyl (C=O) groups is 2. The standard InChI is InChI=1S/C17H26N2O5S/c1-5-19(6-2)25(23,24)14-9-7-13(8-10-14)18-15(20)11-17(3,4)12-16(21)22/h7-10H,5-6,11-12H2,1-4H3,(H,18,20)(H,21,22). The van der Waals surface area contributed by atoms with Crippen LogP contribution in [-0.4, -0.2) is 42.8 Å². The Bertz CT molecular complexity index is 707. The monoisotopic (exact) mass is 370 g/mol. The predicted octanol–water partition coefficient (Wildman–Crippen LogP) is 2.55. The summed E-state index contributed by atoms with van der Waals surface area (Å²) in [4.78, 5) is 23.0. The van der Waals surface area contributed by atoms with Crippen LogP contribution in [0.4, 0.5) is 5.69 Å². The molecule has 0 aliphatic carbocycles. The number of sulfonamides is 1. The van der Waals surface area contributed by atoms with Crippen molar-refractivity contribution in [1.82, 2.24) is 4.31 Å². The van der Waals surface area contributed by atoms with Gasteiger partial charge in [-0.3, -0.25) is 9.59 Å².